The lowest BCUT2D eigenvalue weighted by molar-refractivity contribution is 0.167. The second-order valence-corrected chi connectivity index (χ2v) is 6.14. The van der Waals surface area contributed by atoms with Gasteiger partial charge in [-0.25, -0.2) is 0 Å². The van der Waals surface area contributed by atoms with Crippen molar-refractivity contribution in [2.24, 2.45) is 5.73 Å². The zero-order chi connectivity index (χ0) is 14.4. The van der Waals surface area contributed by atoms with Gasteiger partial charge in [-0.15, -0.1) is 11.8 Å². The van der Waals surface area contributed by atoms with Gasteiger partial charge in [0.15, 0.2) is 0 Å². The van der Waals surface area contributed by atoms with Crippen LogP contribution >= 0.6 is 11.8 Å². The van der Waals surface area contributed by atoms with Crippen LogP contribution in [0.25, 0.3) is 0 Å². The molecule has 0 heterocycles. The Balaban J connectivity index is 1.83. The maximum Gasteiger partial charge on any atom is 0.0788 e. The minimum atomic E-state index is -0.499. The molecule has 20 heavy (non-hydrogen) atoms. The van der Waals surface area contributed by atoms with E-state index in [9.17, 15) is 5.11 Å². The lowest BCUT2D eigenvalue weighted by Crippen LogP contribution is -2.38. The van der Waals surface area contributed by atoms with Gasteiger partial charge in [0.2, 0.25) is 0 Å². The molecule has 3 N–H and O–H groups in total. The van der Waals surface area contributed by atoms with E-state index in [1.54, 1.807) is 11.8 Å². The van der Waals surface area contributed by atoms with Gasteiger partial charge in [-0.3, -0.25) is 0 Å². The van der Waals surface area contributed by atoms with E-state index in [1.807, 2.05) is 36.4 Å². The first-order chi connectivity index (χ1) is 9.65. The monoisotopic (exact) mass is 287 g/mol. The first-order valence-corrected chi connectivity index (χ1v) is 7.81. The number of aliphatic hydroxyl groups excluding tert-OH is 1. The van der Waals surface area contributed by atoms with Crippen LogP contribution in [0.3, 0.4) is 0 Å². The summed E-state index contributed by atoms with van der Waals surface area (Å²) in [5.74, 6) is 0.622. The van der Waals surface area contributed by atoms with E-state index in [-0.39, 0.29) is 6.04 Å². The van der Waals surface area contributed by atoms with Crippen molar-refractivity contribution in [2.75, 3.05) is 5.75 Å². The molecular formula is C17H21NOS. The van der Waals surface area contributed by atoms with Gasteiger partial charge in [-0.05, 0) is 31.0 Å². The number of benzene rings is 2. The lowest BCUT2D eigenvalue weighted by Gasteiger charge is -2.18. The van der Waals surface area contributed by atoms with Crippen LogP contribution in [0.1, 0.15) is 11.1 Å². The van der Waals surface area contributed by atoms with Gasteiger partial charge in [0, 0.05) is 16.7 Å². The van der Waals surface area contributed by atoms with Gasteiger partial charge in [-0.2, -0.15) is 0 Å². The number of rotatable bonds is 6. The summed E-state index contributed by atoms with van der Waals surface area (Å²) >= 11 is 1.65. The summed E-state index contributed by atoms with van der Waals surface area (Å²) in [6.07, 6.45) is 0.205. The highest BCUT2D eigenvalue weighted by molar-refractivity contribution is 7.99. The maximum atomic E-state index is 10.2. The van der Waals surface area contributed by atoms with Crippen LogP contribution in [-0.4, -0.2) is 23.0 Å². The standard InChI is InChI=1S/C17H21NOS/c1-13-6-5-9-15(10-13)20-12-17(19)16(18)11-14-7-3-2-4-8-14/h2-10,16-17,19H,11-12,18H2,1H3. The lowest BCUT2D eigenvalue weighted by atomic mass is 10.0. The fraction of sp³-hybridized carbons (Fsp3) is 0.294. The predicted octanol–water partition coefficient (Wildman–Crippen LogP) is 3.02. The number of hydrogen-bond donors (Lipinski definition) is 2. The molecular weight excluding hydrogens is 266 g/mol. The Morgan fingerprint density at radius 3 is 2.55 bits per heavy atom. The van der Waals surface area contributed by atoms with Crippen molar-refractivity contribution in [2.45, 2.75) is 30.4 Å². The second-order valence-electron chi connectivity index (χ2n) is 5.05. The first kappa shape index (κ1) is 15.1. The topological polar surface area (TPSA) is 46.2 Å². The van der Waals surface area contributed by atoms with Gasteiger partial charge in [0.05, 0.1) is 6.10 Å². The summed E-state index contributed by atoms with van der Waals surface area (Å²) in [7, 11) is 0. The Kier molecular flexibility index (Phi) is 5.65. The first-order valence-electron chi connectivity index (χ1n) is 6.82. The van der Waals surface area contributed by atoms with Crippen molar-refractivity contribution >= 4 is 11.8 Å². The highest BCUT2D eigenvalue weighted by Gasteiger charge is 2.15. The van der Waals surface area contributed by atoms with Crippen LogP contribution in [-0.2, 0) is 6.42 Å². The highest BCUT2D eigenvalue weighted by Crippen LogP contribution is 2.20. The molecule has 2 atom stereocenters. The van der Waals surface area contributed by atoms with Crippen LogP contribution in [0.2, 0.25) is 0 Å². The molecule has 0 aliphatic rings. The fourth-order valence-corrected chi connectivity index (χ4v) is 3.09. The molecule has 0 aliphatic heterocycles. The molecule has 0 radical (unpaired) electrons. The fourth-order valence-electron chi connectivity index (χ4n) is 2.03. The average Bonchev–Trinajstić information content (AvgIpc) is 2.46. The van der Waals surface area contributed by atoms with E-state index in [0.29, 0.717) is 12.2 Å². The summed E-state index contributed by atoms with van der Waals surface area (Å²) in [6, 6.07) is 18.1. The van der Waals surface area contributed by atoms with Crippen molar-refractivity contribution < 1.29 is 5.11 Å². The Hall–Kier alpha value is -1.29. The molecule has 2 unspecified atom stereocenters. The Bertz CT molecular complexity index is 530. The van der Waals surface area contributed by atoms with Gasteiger partial charge in [-0.1, -0.05) is 48.0 Å². The molecule has 0 fully saturated rings. The third-order valence-corrected chi connectivity index (χ3v) is 4.31. The molecule has 0 saturated heterocycles. The molecule has 0 bridgehead atoms. The Morgan fingerprint density at radius 2 is 1.85 bits per heavy atom. The summed E-state index contributed by atoms with van der Waals surface area (Å²) in [4.78, 5) is 1.18. The molecule has 3 heteroatoms. The largest absolute Gasteiger partial charge is 0.391 e. The van der Waals surface area contributed by atoms with E-state index in [0.717, 1.165) is 0 Å². The van der Waals surface area contributed by atoms with Gasteiger partial charge < -0.3 is 10.8 Å². The van der Waals surface area contributed by atoms with E-state index < -0.39 is 6.10 Å². The maximum absolute atomic E-state index is 10.2. The van der Waals surface area contributed by atoms with Crippen molar-refractivity contribution in [3.05, 3.63) is 65.7 Å². The van der Waals surface area contributed by atoms with E-state index in [2.05, 4.69) is 25.1 Å². The van der Waals surface area contributed by atoms with Crippen molar-refractivity contribution in [3.63, 3.8) is 0 Å². The molecule has 2 aromatic rings. The molecule has 0 aliphatic carbocycles. The van der Waals surface area contributed by atoms with Crippen molar-refractivity contribution in [1.29, 1.82) is 0 Å². The molecule has 0 amide bonds. The molecule has 0 spiro atoms. The molecule has 0 aromatic heterocycles. The molecule has 106 valence electrons. The Labute approximate surface area is 125 Å². The van der Waals surface area contributed by atoms with E-state index in [1.165, 1.54) is 16.0 Å². The molecule has 2 aromatic carbocycles. The highest BCUT2D eigenvalue weighted by atomic mass is 32.2. The van der Waals surface area contributed by atoms with Crippen LogP contribution < -0.4 is 5.73 Å². The minimum absolute atomic E-state index is 0.227. The number of nitrogens with two attached hydrogens (primary N) is 1. The van der Waals surface area contributed by atoms with E-state index >= 15 is 0 Å². The quantitative estimate of drug-likeness (QED) is 0.803. The van der Waals surface area contributed by atoms with Gasteiger partial charge >= 0.3 is 0 Å². The van der Waals surface area contributed by atoms with E-state index in [4.69, 9.17) is 5.73 Å². The normalized spacial score (nSPS) is 13.9. The summed E-state index contributed by atoms with van der Waals surface area (Å²) in [5.41, 5.74) is 8.48. The van der Waals surface area contributed by atoms with Crippen LogP contribution in [0.15, 0.2) is 59.5 Å². The number of hydrogen-bond acceptors (Lipinski definition) is 3. The Morgan fingerprint density at radius 1 is 1.10 bits per heavy atom. The third-order valence-electron chi connectivity index (χ3n) is 3.22. The van der Waals surface area contributed by atoms with Gasteiger partial charge in [0.1, 0.15) is 0 Å². The van der Waals surface area contributed by atoms with Crippen molar-refractivity contribution in [3.8, 4) is 0 Å². The SMILES string of the molecule is Cc1cccc(SCC(O)C(N)Cc2ccccc2)c1. The average molecular weight is 287 g/mol. The summed E-state index contributed by atoms with van der Waals surface area (Å²) < 4.78 is 0. The van der Waals surface area contributed by atoms with Crippen LogP contribution in [0, 0.1) is 6.92 Å². The summed E-state index contributed by atoms with van der Waals surface area (Å²) in [5, 5.41) is 10.2. The number of aryl methyl sites for hydroxylation is 1. The van der Waals surface area contributed by atoms with Crippen LogP contribution in [0.5, 0.6) is 0 Å². The molecule has 0 saturated carbocycles. The second kappa shape index (κ2) is 7.48. The third kappa shape index (κ3) is 4.67. The summed E-state index contributed by atoms with van der Waals surface area (Å²) in [6.45, 7) is 2.07. The predicted molar refractivity (Wildman–Crippen MR) is 86.0 cm³/mol. The van der Waals surface area contributed by atoms with Crippen molar-refractivity contribution in [1.82, 2.24) is 0 Å². The molecule has 2 rings (SSSR count). The number of aliphatic hydroxyl groups is 1. The molecule has 2 nitrogen and oxygen atoms in total. The van der Waals surface area contributed by atoms with Gasteiger partial charge in [0.25, 0.3) is 0 Å². The zero-order valence-electron chi connectivity index (χ0n) is 11.7. The smallest absolute Gasteiger partial charge is 0.0788 e. The van der Waals surface area contributed by atoms with Crippen LogP contribution in [0.4, 0.5) is 0 Å². The zero-order valence-corrected chi connectivity index (χ0v) is 12.5. The number of thioether (sulfide) groups is 1. The minimum Gasteiger partial charge on any atom is -0.391 e.